The van der Waals surface area contributed by atoms with Crippen LogP contribution >= 0.6 is 0 Å². The van der Waals surface area contributed by atoms with E-state index in [0.717, 1.165) is 57.5 Å². The summed E-state index contributed by atoms with van der Waals surface area (Å²) in [4.78, 5) is 32.2. The van der Waals surface area contributed by atoms with Crippen LogP contribution in [0.25, 0.3) is 0 Å². The molecule has 2 saturated heterocycles. The number of pyridine rings is 1. The van der Waals surface area contributed by atoms with E-state index in [4.69, 9.17) is 0 Å². The van der Waals surface area contributed by atoms with Gasteiger partial charge in [0, 0.05) is 25.7 Å². The Morgan fingerprint density at radius 2 is 2.08 bits per heavy atom. The summed E-state index contributed by atoms with van der Waals surface area (Å²) in [5, 5.41) is 2.88. The smallest absolute Gasteiger partial charge is 0.238 e. The number of likely N-dealkylation sites (tertiary alicyclic amines) is 2. The largest absolute Gasteiger partial charge is 0.342 e. The van der Waals surface area contributed by atoms with Crippen molar-refractivity contribution >= 4 is 17.5 Å². The maximum atomic E-state index is 12.1. The fourth-order valence-electron chi connectivity index (χ4n) is 3.53. The summed E-state index contributed by atoms with van der Waals surface area (Å²) >= 11 is 0. The van der Waals surface area contributed by atoms with Crippen molar-refractivity contribution in [3.05, 3.63) is 24.5 Å². The summed E-state index contributed by atoms with van der Waals surface area (Å²) in [7, 11) is 0. The second-order valence-electron chi connectivity index (χ2n) is 6.81. The Hall–Kier alpha value is -1.95. The van der Waals surface area contributed by atoms with Crippen LogP contribution in [0.15, 0.2) is 24.5 Å². The molecule has 2 aliphatic heterocycles. The predicted octanol–water partition coefficient (Wildman–Crippen LogP) is 1.74. The average Bonchev–Trinajstić information content (AvgIpc) is 2.59. The van der Waals surface area contributed by atoms with Gasteiger partial charge in [-0.15, -0.1) is 0 Å². The molecule has 1 aromatic rings. The van der Waals surface area contributed by atoms with E-state index in [9.17, 15) is 9.59 Å². The lowest BCUT2D eigenvalue weighted by molar-refractivity contribution is -0.134. The first-order valence-electron chi connectivity index (χ1n) is 8.91. The maximum absolute atomic E-state index is 12.1. The van der Waals surface area contributed by atoms with Crippen molar-refractivity contribution in [3.63, 3.8) is 0 Å². The van der Waals surface area contributed by atoms with E-state index in [2.05, 4.69) is 15.2 Å². The molecule has 0 aliphatic carbocycles. The van der Waals surface area contributed by atoms with Crippen LogP contribution in [0.1, 0.15) is 32.1 Å². The molecule has 0 unspecified atom stereocenters. The minimum atomic E-state index is 0.00709. The average molecular weight is 330 g/mol. The summed E-state index contributed by atoms with van der Waals surface area (Å²) in [6.45, 7) is 4.09. The van der Waals surface area contributed by atoms with Crippen LogP contribution < -0.4 is 5.32 Å². The SMILES string of the molecule is O=C(CN1CCC(CN2CCCCC2=O)CC1)Nc1cccnc1. The van der Waals surface area contributed by atoms with E-state index in [1.165, 1.54) is 0 Å². The molecule has 24 heavy (non-hydrogen) atoms. The molecule has 2 amide bonds. The number of amides is 2. The number of carbonyl (C=O) groups is 2. The lowest BCUT2D eigenvalue weighted by Crippen LogP contribution is -2.44. The summed E-state index contributed by atoms with van der Waals surface area (Å²) in [6.07, 6.45) is 8.35. The Kier molecular flexibility index (Phi) is 5.80. The zero-order valence-electron chi connectivity index (χ0n) is 14.1. The van der Waals surface area contributed by atoms with Gasteiger partial charge in [0.25, 0.3) is 0 Å². The van der Waals surface area contributed by atoms with E-state index in [1.807, 2.05) is 17.0 Å². The van der Waals surface area contributed by atoms with Crippen LogP contribution in [0.4, 0.5) is 5.69 Å². The third-order valence-electron chi connectivity index (χ3n) is 4.92. The quantitative estimate of drug-likeness (QED) is 0.893. The molecule has 2 aliphatic rings. The molecule has 6 heteroatoms. The molecule has 2 fully saturated rings. The van der Waals surface area contributed by atoms with Gasteiger partial charge in [-0.1, -0.05) is 0 Å². The minimum absolute atomic E-state index is 0.00709. The van der Waals surface area contributed by atoms with Crippen molar-refractivity contribution in [3.8, 4) is 0 Å². The molecule has 3 rings (SSSR count). The van der Waals surface area contributed by atoms with Crippen molar-refractivity contribution in [1.82, 2.24) is 14.8 Å². The number of nitrogens with zero attached hydrogens (tertiary/aromatic N) is 3. The van der Waals surface area contributed by atoms with Gasteiger partial charge in [-0.2, -0.15) is 0 Å². The van der Waals surface area contributed by atoms with Gasteiger partial charge >= 0.3 is 0 Å². The Bertz CT molecular complexity index is 555. The van der Waals surface area contributed by atoms with E-state index in [1.54, 1.807) is 12.4 Å². The van der Waals surface area contributed by atoms with Gasteiger partial charge in [0.2, 0.25) is 11.8 Å². The van der Waals surface area contributed by atoms with E-state index >= 15 is 0 Å². The monoisotopic (exact) mass is 330 g/mol. The molecule has 0 bridgehead atoms. The normalized spacial score (nSPS) is 20.2. The van der Waals surface area contributed by atoms with Crippen LogP contribution in [0, 0.1) is 5.92 Å². The Balaban J connectivity index is 1.38. The fraction of sp³-hybridized carbons (Fsp3) is 0.611. The molecule has 1 N–H and O–H groups in total. The third-order valence-corrected chi connectivity index (χ3v) is 4.92. The number of hydrogen-bond donors (Lipinski definition) is 1. The molecule has 6 nitrogen and oxygen atoms in total. The zero-order valence-corrected chi connectivity index (χ0v) is 14.1. The number of aromatic nitrogens is 1. The maximum Gasteiger partial charge on any atom is 0.238 e. The lowest BCUT2D eigenvalue weighted by atomic mass is 9.95. The van der Waals surface area contributed by atoms with Crippen LogP contribution in [0.3, 0.4) is 0 Å². The molecular formula is C18H26N4O2. The molecule has 0 atom stereocenters. The Morgan fingerprint density at radius 1 is 1.25 bits per heavy atom. The highest BCUT2D eigenvalue weighted by Crippen LogP contribution is 2.21. The highest BCUT2D eigenvalue weighted by molar-refractivity contribution is 5.92. The lowest BCUT2D eigenvalue weighted by Gasteiger charge is -2.35. The second kappa shape index (κ2) is 8.24. The number of carbonyl (C=O) groups excluding carboxylic acids is 2. The highest BCUT2D eigenvalue weighted by Gasteiger charge is 2.25. The number of hydrogen-bond acceptors (Lipinski definition) is 4. The van der Waals surface area contributed by atoms with Gasteiger partial charge in [0.05, 0.1) is 18.4 Å². The molecule has 0 radical (unpaired) electrons. The van der Waals surface area contributed by atoms with Crippen LogP contribution in [0.2, 0.25) is 0 Å². The molecule has 0 spiro atoms. The molecular weight excluding hydrogens is 304 g/mol. The zero-order chi connectivity index (χ0) is 16.8. The van der Waals surface area contributed by atoms with Crippen LogP contribution in [-0.2, 0) is 9.59 Å². The molecule has 0 aromatic carbocycles. The first kappa shape index (κ1) is 16.9. The third kappa shape index (κ3) is 4.77. The van der Waals surface area contributed by atoms with Gasteiger partial charge in [-0.3, -0.25) is 19.5 Å². The van der Waals surface area contributed by atoms with Crippen molar-refractivity contribution in [2.45, 2.75) is 32.1 Å². The molecule has 130 valence electrons. The van der Waals surface area contributed by atoms with Gasteiger partial charge < -0.3 is 10.2 Å². The predicted molar refractivity (Wildman–Crippen MR) is 92.5 cm³/mol. The number of nitrogens with one attached hydrogen (secondary N) is 1. The van der Waals surface area contributed by atoms with Gasteiger partial charge in [0.15, 0.2) is 0 Å². The van der Waals surface area contributed by atoms with E-state index in [0.29, 0.717) is 24.8 Å². The minimum Gasteiger partial charge on any atom is -0.342 e. The number of anilines is 1. The van der Waals surface area contributed by atoms with Gasteiger partial charge in [-0.25, -0.2) is 0 Å². The van der Waals surface area contributed by atoms with Crippen molar-refractivity contribution < 1.29 is 9.59 Å². The van der Waals surface area contributed by atoms with Crippen LogP contribution in [0.5, 0.6) is 0 Å². The summed E-state index contributed by atoms with van der Waals surface area (Å²) in [6, 6.07) is 3.65. The number of piperidine rings is 2. The Morgan fingerprint density at radius 3 is 2.79 bits per heavy atom. The fourth-order valence-corrected chi connectivity index (χ4v) is 3.53. The Labute approximate surface area is 143 Å². The van der Waals surface area contributed by atoms with Gasteiger partial charge in [0.1, 0.15) is 0 Å². The van der Waals surface area contributed by atoms with Crippen molar-refractivity contribution in [2.24, 2.45) is 5.92 Å². The van der Waals surface area contributed by atoms with E-state index < -0.39 is 0 Å². The summed E-state index contributed by atoms with van der Waals surface area (Å²) < 4.78 is 0. The molecule has 0 saturated carbocycles. The topological polar surface area (TPSA) is 65.5 Å². The van der Waals surface area contributed by atoms with Gasteiger partial charge in [-0.05, 0) is 56.8 Å². The van der Waals surface area contributed by atoms with Crippen LogP contribution in [-0.4, -0.2) is 59.3 Å². The van der Waals surface area contributed by atoms with E-state index in [-0.39, 0.29) is 5.91 Å². The first-order valence-corrected chi connectivity index (χ1v) is 8.91. The summed E-state index contributed by atoms with van der Waals surface area (Å²) in [5.74, 6) is 0.900. The van der Waals surface area contributed by atoms with Crippen molar-refractivity contribution in [1.29, 1.82) is 0 Å². The first-order chi connectivity index (χ1) is 11.7. The summed E-state index contributed by atoms with van der Waals surface area (Å²) in [5.41, 5.74) is 0.737. The second-order valence-corrected chi connectivity index (χ2v) is 6.81. The number of rotatable bonds is 5. The molecule has 1 aromatic heterocycles. The standard InChI is InChI=1S/C18H26N4O2/c23-17(20-16-4-3-8-19-12-16)14-21-10-6-15(7-11-21)13-22-9-2-1-5-18(22)24/h3-4,8,12,15H,1-2,5-7,9-11,13-14H2,(H,20,23). The highest BCUT2D eigenvalue weighted by atomic mass is 16.2. The molecule has 3 heterocycles. The van der Waals surface area contributed by atoms with Crippen molar-refractivity contribution in [2.75, 3.05) is 38.0 Å².